The van der Waals surface area contributed by atoms with Crippen LogP contribution in [0.15, 0.2) is 29.3 Å². The van der Waals surface area contributed by atoms with Crippen molar-refractivity contribution in [2.45, 2.75) is 59.3 Å². The van der Waals surface area contributed by atoms with E-state index in [1.54, 1.807) is 0 Å². The first kappa shape index (κ1) is 23.6. The van der Waals surface area contributed by atoms with Crippen molar-refractivity contribution in [3.05, 3.63) is 35.4 Å². The molecule has 0 spiro atoms. The highest BCUT2D eigenvalue weighted by Crippen LogP contribution is 2.14. The van der Waals surface area contributed by atoms with Gasteiger partial charge in [-0.15, -0.1) is 0 Å². The van der Waals surface area contributed by atoms with Crippen LogP contribution in [0.1, 0.15) is 51.7 Å². The van der Waals surface area contributed by atoms with Crippen molar-refractivity contribution in [3.63, 3.8) is 0 Å². The Kier molecular flexibility index (Phi) is 10.5. The summed E-state index contributed by atoms with van der Waals surface area (Å²) in [6.45, 7) is 14.5. The zero-order valence-corrected chi connectivity index (χ0v) is 18.6. The fourth-order valence-corrected chi connectivity index (χ4v) is 2.98. The maximum Gasteiger partial charge on any atom is 0.191 e. The second-order valence-electron chi connectivity index (χ2n) is 8.50. The molecule has 0 bridgehead atoms. The average Bonchev–Trinajstić information content (AvgIpc) is 3.20. The van der Waals surface area contributed by atoms with Crippen LogP contribution >= 0.6 is 0 Å². The van der Waals surface area contributed by atoms with Gasteiger partial charge < -0.3 is 24.8 Å². The molecule has 6 heteroatoms. The minimum Gasteiger partial charge on any atom is -0.381 e. The zero-order valence-electron chi connectivity index (χ0n) is 18.6. The lowest BCUT2D eigenvalue weighted by Crippen LogP contribution is -2.38. The number of hydrogen-bond acceptors (Lipinski definition) is 4. The van der Waals surface area contributed by atoms with E-state index in [1.165, 1.54) is 11.1 Å². The summed E-state index contributed by atoms with van der Waals surface area (Å²) in [5.74, 6) is 1.42. The SMILES string of the molecule is CCNC(=NCc1cccc(COC(C)(C)C)c1)NCCCOCC1CCOC1. The number of nitrogens with zero attached hydrogens (tertiary/aromatic N) is 1. The highest BCUT2D eigenvalue weighted by molar-refractivity contribution is 5.79. The number of rotatable bonds is 11. The van der Waals surface area contributed by atoms with Gasteiger partial charge >= 0.3 is 0 Å². The number of ether oxygens (including phenoxy) is 3. The van der Waals surface area contributed by atoms with Crippen molar-refractivity contribution in [3.8, 4) is 0 Å². The van der Waals surface area contributed by atoms with E-state index in [2.05, 4.69) is 62.6 Å². The highest BCUT2D eigenvalue weighted by Gasteiger charge is 2.15. The second kappa shape index (κ2) is 12.8. The first-order chi connectivity index (χ1) is 14.0. The summed E-state index contributed by atoms with van der Waals surface area (Å²) in [6, 6.07) is 8.44. The monoisotopic (exact) mass is 405 g/mol. The van der Waals surface area contributed by atoms with Crippen molar-refractivity contribution in [1.29, 1.82) is 0 Å². The lowest BCUT2D eigenvalue weighted by Gasteiger charge is -2.19. The highest BCUT2D eigenvalue weighted by atomic mass is 16.5. The van der Waals surface area contributed by atoms with Crippen LogP contribution in [0.2, 0.25) is 0 Å². The summed E-state index contributed by atoms with van der Waals surface area (Å²) >= 11 is 0. The maximum atomic E-state index is 5.87. The Morgan fingerprint density at radius 3 is 2.79 bits per heavy atom. The molecule has 6 nitrogen and oxygen atoms in total. The van der Waals surface area contributed by atoms with Gasteiger partial charge in [0.1, 0.15) is 0 Å². The first-order valence-corrected chi connectivity index (χ1v) is 10.9. The minimum atomic E-state index is -0.134. The Balaban J connectivity index is 1.71. The Morgan fingerprint density at radius 1 is 1.24 bits per heavy atom. The largest absolute Gasteiger partial charge is 0.381 e. The van der Waals surface area contributed by atoms with Crippen LogP contribution < -0.4 is 10.6 Å². The molecule has 0 aliphatic carbocycles. The molecule has 0 amide bonds. The van der Waals surface area contributed by atoms with Gasteiger partial charge in [-0.3, -0.25) is 0 Å². The van der Waals surface area contributed by atoms with Gasteiger partial charge in [0.05, 0.1) is 32.0 Å². The van der Waals surface area contributed by atoms with Crippen LogP contribution in [0.5, 0.6) is 0 Å². The van der Waals surface area contributed by atoms with Crippen molar-refractivity contribution in [1.82, 2.24) is 10.6 Å². The van der Waals surface area contributed by atoms with Gasteiger partial charge in [-0.05, 0) is 51.7 Å². The van der Waals surface area contributed by atoms with Gasteiger partial charge in [0.15, 0.2) is 5.96 Å². The molecule has 1 aromatic carbocycles. The maximum absolute atomic E-state index is 5.87. The molecule has 1 aliphatic heterocycles. The van der Waals surface area contributed by atoms with E-state index in [4.69, 9.17) is 19.2 Å². The lowest BCUT2D eigenvalue weighted by molar-refractivity contribution is -0.0149. The molecule has 1 heterocycles. The molecule has 0 radical (unpaired) electrons. The smallest absolute Gasteiger partial charge is 0.191 e. The summed E-state index contributed by atoms with van der Waals surface area (Å²) < 4.78 is 17.0. The molecular weight excluding hydrogens is 366 g/mol. The van der Waals surface area contributed by atoms with Gasteiger partial charge in [0.25, 0.3) is 0 Å². The van der Waals surface area contributed by atoms with Crippen molar-refractivity contribution >= 4 is 5.96 Å². The number of guanidine groups is 1. The zero-order chi connectivity index (χ0) is 21.0. The molecule has 0 aromatic heterocycles. The Bertz CT molecular complexity index is 608. The van der Waals surface area contributed by atoms with E-state index >= 15 is 0 Å². The predicted octanol–water partition coefficient (Wildman–Crippen LogP) is 3.50. The van der Waals surface area contributed by atoms with E-state index in [-0.39, 0.29) is 5.60 Å². The van der Waals surface area contributed by atoms with Crippen LogP contribution in [0.25, 0.3) is 0 Å². The predicted molar refractivity (Wildman–Crippen MR) is 118 cm³/mol. The van der Waals surface area contributed by atoms with E-state index in [1.807, 2.05) is 0 Å². The standard InChI is InChI=1S/C23H39N3O3/c1-5-24-22(25-11-7-12-27-16-21-10-13-28-17-21)26-15-19-8-6-9-20(14-19)18-29-23(2,3)4/h6,8-9,14,21H,5,7,10-13,15-18H2,1-4H3,(H2,24,25,26). The number of aliphatic imine (C=N–C) groups is 1. The van der Waals surface area contributed by atoms with Gasteiger partial charge in [-0.2, -0.15) is 0 Å². The van der Waals surface area contributed by atoms with E-state index in [9.17, 15) is 0 Å². The lowest BCUT2D eigenvalue weighted by atomic mass is 10.1. The third-order valence-corrected chi connectivity index (χ3v) is 4.56. The van der Waals surface area contributed by atoms with Crippen molar-refractivity contribution in [2.75, 3.05) is 39.5 Å². The minimum absolute atomic E-state index is 0.134. The first-order valence-electron chi connectivity index (χ1n) is 10.9. The van der Waals surface area contributed by atoms with Crippen LogP contribution in [0, 0.1) is 5.92 Å². The van der Waals surface area contributed by atoms with Crippen LogP contribution in [-0.2, 0) is 27.4 Å². The molecule has 1 fully saturated rings. The second-order valence-corrected chi connectivity index (χ2v) is 8.50. The molecule has 2 rings (SSSR count). The third kappa shape index (κ3) is 10.6. The molecule has 1 unspecified atom stereocenters. The van der Waals surface area contributed by atoms with Gasteiger partial charge in [-0.25, -0.2) is 4.99 Å². The van der Waals surface area contributed by atoms with Gasteiger partial charge in [0, 0.05) is 32.2 Å². The Hall–Kier alpha value is -1.63. The summed E-state index contributed by atoms with van der Waals surface area (Å²) in [4.78, 5) is 4.71. The Morgan fingerprint density at radius 2 is 2.07 bits per heavy atom. The van der Waals surface area contributed by atoms with Crippen LogP contribution in [0.4, 0.5) is 0 Å². The average molecular weight is 406 g/mol. The molecule has 1 atom stereocenters. The summed E-state index contributed by atoms with van der Waals surface area (Å²) in [7, 11) is 0. The van der Waals surface area contributed by atoms with Gasteiger partial charge in [0.2, 0.25) is 0 Å². The summed E-state index contributed by atoms with van der Waals surface area (Å²) in [6.07, 6.45) is 2.08. The van der Waals surface area contributed by atoms with E-state index in [0.717, 1.165) is 58.3 Å². The third-order valence-electron chi connectivity index (χ3n) is 4.56. The Labute approximate surface area is 176 Å². The fourth-order valence-electron chi connectivity index (χ4n) is 2.98. The van der Waals surface area contributed by atoms with Gasteiger partial charge in [-0.1, -0.05) is 24.3 Å². The van der Waals surface area contributed by atoms with E-state index < -0.39 is 0 Å². The van der Waals surface area contributed by atoms with Crippen LogP contribution in [-0.4, -0.2) is 51.1 Å². The molecule has 1 aliphatic rings. The summed E-state index contributed by atoms with van der Waals surface area (Å²) in [5, 5.41) is 6.69. The molecular formula is C23H39N3O3. The van der Waals surface area contributed by atoms with E-state index in [0.29, 0.717) is 19.1 Å². The molecule has 164 valence electrons. The number of hydrogen-bond donors (Lipinski definition) is 2. The number of nitrogens with one attached hydrogen (secondary N) is 2. The topological polar surface area (TPSA) is 64.1 Å². The van der Waals surface area contributed by atoms with Crippen molar-refractivity contribution in [2.24, 2.45) is 10.9 Å². The fraction of sp³-hybridized carbons (Fsp3) is 0.696. The quantitative estimate of drug-likeness (QED) is 0.335. The summed E-state index contributed by atoms with van der Waals surface area (Å²) in [5.41, 5.74) is 2.22. The van der Waals surface area contributed by atoms with Crippen molar-refractivity contribution < 1.29 is 14.2 Å². The normalized spacial score (nSPS) is 17.5. The van der Waals surface area contributed by atoms with Crippen LogP contribution in [0.3, 0.4) is 0 Å². The molecule has 1 saturated heterocycles. The molecule has 29 heavy (non-hydrogen) atoms. The molecule has 0 saturated carbocycles. The molecule has 1 aromatic rings. The number of benzene rings is 1. The molecule has 2 N–H and O–H groups in total.